The first-order valence-electron chi connectivity index (χ1n) is 11.7. The van der Waals surface area contributed by atoms with E-state index in [2.05, 4.69) is 11.4 Å². The van der Waals surface area contributed by atoms with Gasteiger partial charge in [0.1, 0.15) is 5.75 Å². The molecule has 1 aliphatic carbocycles. The van der Waals surface area contributed by atoms with E-state index in [1.165, 1.54) is 29.0 Å². The fraction of sp³-hybridized carbons (Fsp3) is 0.250. The normalized spacial score (nSPS) is 13.6. The summed E-state index contributed by atoms with van der Waals surface area (Å²) in [6.45, 7) is 0.684. The minimum absolute atomic E-state index is 0.114. The Bertz CT molecular complexity index is 1290. The maximum atomic E-state index is 12.8. The molecule has 7 heteroatoms. The van der Waals surface area contributed by atoms with Crippen molar-refractivity contribution in [3.8, 4) is 11.5 Å². The molecule has 0 atom stereocenters. The van der Waals surface area contributed by atoms with E-state index in [1.807, 2.05) is 30.3 Å². The van der Waals surface area contributed by atoms with Gasteiger partial charge in [0.2, 0.25) is 10.0 Å². The molecule has 0 radical (unpaired) electrons. The van der Waals surface area contributed by atoms with E-state index in [0.717, 1.165) is 18.4 Å². The van der Waals surface area contributed by atoms with Crippen molar-refractivity contribution in [3.63, 3.8) is 0 Å². The number of benzene rings is 3. The molecule has 0 saturated carbocycles. The Balaban J connectivity index is 1.49. The molecule has 0 aromatic heterocycles. The summed E-state index contributed by atoms with van der Waals surface area (Å²) in [5.74, 6) is 0.925. The molecule has 182 valence electrons. The van der Waals surface area contributed by atoms with Gasteiger partial charge in [0.25, 0.3) is 5.91 Å². The number of rotatable bonds is 9. The standard InChI is InChI=1S/C28H30N2O4S/c1-35(32,33)30(26-14-8-9-15-27(26)34-25-12-6-3-7-13-25)21-23-16-18-24(19-17-23)28(31)29-20-22-10-4-2-5-11-22/h3,6-10,12-19H,2,4-5,11,20-21H2,1H3,(H,29,31). The van der Waals surface area contributed by atoms with Crippen LogP contribution in [0.5, 0.6) is 11.5 Å². The van der Waals surface area contributed by atoms with Gasteiger partial charge in [0.05, 0.1) is 18.5 Å². The number of para-hydroxylation sites is 3. The zero-order valence-corrected chi connectivity index (χ0v) is 20.6. The highest BCUT2D eigenvalue weighted by molar-refractivity contribution is 7.92. The molecule has 6 nitrogen and oxygen atoms in total. The van der Waals surface area contributed by atoms with Crippen LogP contribution in [0, 0.1) is 0 Å². The van der Waals surface area contributed by atoms with Gasteiger partial charge in [-0.05, 0) is 67.6 Å². The predicted octanol–water partition coefficient (Wildman–Crippen LogP) is 5.68. The van der Waals surface area contributed by atoms with E-state index < -0.39 is 10.0 Å². The van der Waals surface area contributed by atoms with Gasteiger partial charge in [-0.3, -0.25) is 9.10 Å². The largest absolute Gasteiger partial charge is 0.455 e. The van der Waals surface area contributed by atoms with Crippen molar-refractivity contribution < 1.29 is 17.9 Å². The van der Waals surface area contributed by atoms with Gasteiger partial charge >= 0.3 is 0 Å². The second-order valence-corrected chi connectivity index (χ2v) is 10.5. The summed E-state index contributed by atoms with van der Waals surface area (Å²) in [4.78, 5) is 12.6. The number of sulfonamides is 1. The van der Waals surface area contributed by atoms with Crippen molar-refractivity contribution in [2.45, 2.75) is 32.2 Å². The van der Waals surface area contributed by atoms with Gasteiger partial charge in [-0.15, -0.1) is 0 Å². The second kappa shape index (κ2) is 11.2. The zero-order valence-electron chi connectivity index (χ0n) is 19.8. The molecule has 1 amide bonds. The number of amides is 1. The summed E-state index contributed by atoms with van der Waals surface area (Å²) in [5, 5.41) is 2.98. The lowest BCUT2D eigenvalue weighted by molar-refractivity contribution is 0.0956. The number of carbonyl (C=O) groups excluding carboxylic acids is 1. The van der Waals surface area contributed by atoms with Crippen LogP contribution < -0.4 is 14.4 Å². The first kappa shape index (κ1) is 24.5. The number of hydrogen-bond donors (Lipinski definition) is 1. The molecule has 3 aromatic carbocycles. The summed E-state index contributed by atoms with van der Waals surface area (Å²) >= 11 is 0. The lowest BCUT2D eigenvalue weighted by atomic mass is 9.99. The van der Waals surface area contributed by atoms with Crippen molar-refractivity contribution in [2.75, 3.05) is 17.1 Å². The van der Waals surface area contributed by atoms with E-state index >= 15 is 0 Å². The molecule has 0 aliphatic heterocycles. The third-order valence-electron chi connectivity index (χ3n) is 5.91. The number of anilines is 1. The number of allylic oxidation sites excluding steroid dienone is 1. The van der Waals surface area contributed by atoms with Crippen molar-refractivity contribution in [2.24, 2.45) is 0 Å². The third-order valence-corrected chi connectivity index (χ3v) is 7.04. The van der Waals surface area contributed by atoms with Crippen LogP contribution in [-0.4, -0.2) is 27.1 Å². The Hall–Kier alpha value is -3.58. The van der Waals surface area contributed by atoms with E-state index in [1.54, 1.807) is 48.5 Å². The first-order chi connectivity index (χ1) is 16.9. The first-order valence-corrected chi connectivity index (χ1v) is 13.6. The molecular formula is C28H30N2O4S. The zero-order chi connectivity index (χ0) is 24.7. The highest BCUT2D eigenvalue weighted by Gasteiger charge is 2.22. The fourth-order valence-electron chi connectivity index (χ4n) is 4.03. The van der Waals surface area contributed by atoms with Crippen LogP contribution in [0.25, 0.3) is 0 Å². The maximum Gasteiger partial charge on any atom is 0.251 e. The molecule has 1 aliphatic rings. The van der Waals surface area contributed by atoms with Crippen molar-refractivity contribution in [1.82, 2.24) is 5.32 Å². The van der Waals surface area contributed by atoms with Gasteiger partial charge in [0, 0.05) is 12.1 Å². The van der Waals surface area contributed by atoms with Crippen LogP contribution in [0.4, 0.5) is 5.69 Å². The van der Waals surface area contributed by atoms with Gasteiger partial charge in [0.15, 0.2) is 5.75 Å². The Morgan fingerprint density at radius 1 is 0.943 bits per heavy atom. The molecule has 35 heavy (non-hydrogen) atoms. The second-order valence-electron chi connectivity index (χ2n) is 8.64. The number of carbonyl (C=O) groups is 1. The van der Waals surface area contributed by atoms with Crippen LogP contribution in [0.3, 0.4) is 0 Å². The topological polar surface area (TPSA) is 75.7 Å². The summed E-state index contributed by atoms with van der Waals surface area (Å²) in [5.41, 5.74) is 3.03. The molecule has 0 bridgehead atoms. The summed E-state index contributed by atoms with van der Waals surface area (Å²) in [7, 11) is -3.61. The van der Waals surface area contributed by atoms with Crippen LogP contribution >= 0.6 is 0 Å². The molecule has 1 N–H and O–H groups in total. The highest BCUT2D eigenvalue weighted by atomic mass is 32.2. The number of nitrogens with one attached hydrogen (secondary N) is 1. The Morgan fingerprint density at radius 2 is 1.66 bits per heavy atom. The fourth-order valence-corrected chi connectivity index (χ4v) is 4.93. The SMILES string of the molecule is CS(=O)(=O)N(Cc1ccc(C(=O)NCC2=CCCCC2)cc1)c1ccccc1Oc1ccccc1. The van der Waals surface area contributed by atoms with Gasteiger partial charge in [-0.1, -0.05) is 54.1 Å². The van der Waals surface area contributed by atoms with E-state index in [4.69, 9.17) is 4.74 Å². The quantitative estimate of drug-likeness (QED) is 0.392. The lowest BCUT2D eigenvalue weighted by Gasteiger charge is -2.25. The van der Waals surface area contributed by atoms with E-state index in [-0.39, 0.29) is 12.5 Å². The predicted molar refractivity (Wildman–Crippen MR) is 139 cm³/mol. The Labute approximate surface area is 207 Å². The van der Waals surface area contributed by atoms with E-state index in [0.29, 0.717) is 29.3 Å². The maximum absolute atomic E-state index is 12.8. The number of hydrogen-bond acceptors (Lipinski definition) is 4. The molecule has 0 spiro atoms. The van der Waals surface area contributed by atoms with Crippen LogP contribution in [0.15, 0.2) is 90.5 Å². The molecule has 0 saturated heterocycles. The van der Waals surface area contributed by atoms with Crippen molar-refractivity contribution >= 4 is 21.6 Å². The van der Waals surface area contributed by atoms with Crippen LogP contribution in [0.2, 0.25) is 0 Å². The van der Waals surface area contributed by atoms with Gasteiger partial charge < -0.3 is 10.1 Å². The Morgan fingerprint density at radius 3 is 2.34 bits per heavy atom. The van der Waals surface area contributed by atoms with Gasteiger partial charge in [-0.2, -0.15) is 0 Å². The third kappa shape index (κ3) is 6.73. The number of nitrogens with zero attached hydrogens (tertiary/aromatic N) is 1. The molecule has 0 heterocycles. The van der Waals surface area contributed by atoms with Crippen molar-refractivity contribution in [3.05, 3.63) is 102 Å². The average Bonchev–Trinajstić information content (AvgIpc) is 2.87. The molecule has 4 rings (SSSR count). The lowest BCUT2D eigenvalue weighted by Crippen LogP contribution is -2.29. The molecule has 0 unspecified atom stereocenters. The van der Waals surface area contributed by atoms with Gasteiger partial charge in [-0.25, -0.2) is 8.42 Å². The minimum atomic E-state index is -3.61. The van der Waals surface area contributed by atoms with Crippen LogP contribution in [-0.2, 0) is 16.6 Å². The summed E-state index contributed by atoms with van der Waals surface area (Å²) in [6, 6.07) is 23.3. The van der Waals surface area contributed by atoms with Crippen molar-refractivity contribution in [1.29, 1.82) is 0 Å². The summed E-state index contributed by atoms with van der Waals surface area (Å²) < 4.78 is 32.8. The minimum Gasteiger partial charge on any atom is -0.455 e. The average molecular weight is 491 g/mol. The smallest absolute Gasteiger partial charge is 0.251 e. The van der Waals surface area contributed by atoms with Crippen LogP contribution in [0.1, 0.15) is 41.6 Å². The molecular weight excluding hydrogens is 460 g/mol. The number of ether oxygens (including phenoxy) is 1. The molecule has 0 fully saturated rings. The monoisotopic (exact) mass is 490 g/mol. The highest BCUT2D eigenvalue weighted by Crippen LogP contribution is 2.34. The molecule has 3 aromatic rings. The van der Waals surface area contributed by atoms with E-state index in [9.17, 15) is 13.2 Å². The summed E-state index contributed by atoms with van der Waals surface area (Å²) in [6.07, 6.45) is 7.89. The Kier molecular flexibility index (Phi) is 7.87.